The van der Waals surface area contributed by atoms with Crippen LogP contribution < -0.4 is 0 Å². The van der Waals surface area contributed by atoms with E-state index < -0.39 is 0 Å². The normalized spacial score (nSPS) is 20.9. The van der Waals surface area contributed by atoms with Crippen molar-refractivity contribution in [3.8, 4) is 5.75 Å². The van der Waals surface area contributed by atoms with Gasteiger partial charge in [-0.05, 0) is 56.8 Å². The van der Waals surface area contributed by atoms with Crippen molar-refractivity contribution in [2.45, 2.75) is 94.7 Å². The van der Waals surface area contributed by atoms with E-state index in [2.05, 4.69) is 88.7 Å². The number of ether oxygens (including phenoxy) is 1. The van der Waals surface area contributed by atoms with Gasteiger partial charge in [0.25, 0.3) is 0 Å². The fraction of sp³-hybridized carbons (Fsp3) is 0.500. The van der Waals surface area contributed by atoms with Gasteiger partial charge in [0.15, 0.2) is 0 Å². The van der Waals surface area contributed by atoms with Crippen LogP contribution in [0, 0.1) is 0 Å². The van der Waals surface area contributed by atoms with Gasteiger partial charge in [-0.1, -0.05) is 65.8 Å². The molecule has 1 saturated heterocycles. The third-order valence-corrected chi connectivity index (χ3v) is 10.5. The second kappa shape index (κ2) is 10.9. The van der Waals surface area contributed by atoms with Gasteiger partial charge in [0.2, 0.25) is 0 Å². The summed E-state index contributed by atoms with van der Waals surface area (Å²) in [4.78, 5) is 15.7. The van der Waals surface area contributed by atoms with Gasteiger partial charge in [0.1, 0.15) is 11.9 Å². The van der Waals surface area contributed by atoms with E-state index >= 15 is 0 Å². The Kier molecular flexibility index (Phi) is 8.28. The summed E-state index contributed by atoms with van der Waals surface area (Å²) in [6.45, 7) is 12.7. The first-order valence-electron chi connectivity index (χ1n) is 12.7. The molecule has 1 fully saturated rings. The molecule has 3 heterocycles. The molecule has 1 N–H and O–H groups in total. The van der Waals surface area contributed by atoms with Gasteiger partial charge in [-0.3, -0.25) is 4.79 Å². The quantitative estimate of drug-likeness (QED) is 0.316. The molecule has 0 saturated carbocycles. The standard InChI is InChI=1S/C30H38O3S3/c1-29(2,3)21-15-19(16-22(28(21)32)30(4,5)6)11-12-27(31)33-20-17-25(23-9-7-13-34-23)36-26(18-20)24-10-8-14-35-24/h7-10,13-16,20,25-26,32H,11-12,17-18H2,1-6H3. The lowest BCUT2D eigenvalue weighted by Crippen LogP contribution is -2.26. The lowest BCUT2D eigenvalue weighted by Gasteiger charge is -2.33. The number of benzene rings is 1. The Morgan fingerprint density at radius 2 is 1.42 bits per heavy atom. The number of esters is 1. The minimum atomic E-state index is -0.187. The molecule has 0 amide bonds. The third-order valence-electron chi connectivity index (χ3n) is 6.71. The molecule has 0 radical (unpaired) electrons. The van der Waals surface area contributed by atoms with Crippen molar-refractivity contribution in [2.75, 3.05) is 0 Å². The molecule has 2 unspecified atom stereocenters. The fourth-order valence-corrected chi connectivity index (χ4v) is 8.35. The van der Waals surface area contributed by atoms with Gasteiger partial charge in [-0.15, -0.1) is 34.4 Å². The smallest absolute Gasteiger partial charge is 0.306 e. The second-order valence-electron chi connectivity index (χ2n) is 11.8. The maximum Gasteiger partial charge on any atom is 0.306 e. The predicted octanol–water partition coefficient (Wildman–Crippen LogP) is 8.96. The first-order chi connectivity index (χ1) is 16.9. The molecule has 1 aromatic carbocycles. The van der Waals surface area contributed by atoms with Crippen molar-refractivity contribution >= 4 is 40.4 Å². The molecule has 0 bridgehead atoms. The summed E-state index contributed by atoms with van der Waals surface area (Å²) in [7, 11) is 0. The predicted molar refractivity (Wildman–Crippen MR) is 155 cm³/mol. The average Bonchev–Trinajstić information content (AvgIpc) is 3.51. The summed E-state index contributed by atoms with van der Waals surface area (Å²) in [5.74, 6) is 0.240. The lowest BCUT2D eigenvalue weighted by molar-refractivity contribution is -0.149. The second-order valence-corrected chi connectivity index (χ2v) is 15.1. The average molecular weight is 543 g/mol. The van der Waals surface area contributed by atoms with Crippen molar-refractivity contribution < 1.29 is 14.6 Å². The van der Waals surface area contributed by atoms with E-state index in [-0.39, 0.29) is 22.9 Å². The molecule has 0 spiro atoms. The van der Waals surface area contributed by atoms with Crippen LogP contribution in [0.5, 0.6) is 5.75 Å². The minimum absolute atomic E-state index is 0.0759. The Bertz CT molecular complexity index is 1070. The zero-order chi connectivity index (χ0) is 26.1. The Morgan fingerprint density at radius 1 is 0.917 bits per heavy atom. The van der Waals surface area contributed by atoms with Crippen molar-refractivity contribution in [3.63, 3.8) is 0 Å². The number of phenols is 1. The molecule has 2 aromatic heterocycles. The number of hydrogen-bond acceptors (Lipinski definition) is 6. The van der Waals surface area contributed by atoms with Gasteiger partial charge in [0.05, 0.1) is 0 Å². The molecule has 194 valence electrons. The SMILES string of the molecule is CC(C)(C)c1cc(CCC(=O)OC2CC(c3cccs3)SC(c3cccs3)C2)cc(C(C)(C)C)c1O. The van der Waals surface area contributed by atoms with Crippen molar-refractivity contribution in [1.29, 1.82) is 0 Å². The van der Waals surface area contributed by atoms with E-state index in [9.17, 15) is 9.90 Å². The summed E-state index contributed by atoms with van der Waals surface area (Å²) in [6.07, 6.45) is 2.60. The van der Waals surface area contributed by atoms with Crippen LogP contribution in [-0.4, -0.2) is 17.2 Å². The summed E-state index contributed by atoms with van der Waals surface area (Å²) in [5, 5.41) is 15.9. The van der Waals surface area contributed by atoms with Crippen LogP contribution >= 0.6 is 34.4 Å². The number of aryl methyl sites for hydroxylation is 1. The van der Waals surface area contributed by atoms with Crippen molar-refractivity contribution in [2.24, 2.45) is 0 Å². The zero-order valence-electron chi connectivity index (χ0n) is 22.2. The molecular weight excluding hydrogens is 505 g/mol. The number of hydrogen-bond donors (Lipinski definition) is 1. The van der Waals surface area contributed by atoms with Crippen LogP contribution in [0.2, 0.25) is 0 Å². The van der Waals surface area contributed by atoms with Crippen LogP contribution in [-0.2, 0) is 26.8 Å². The molecule has 6 heteroatoms. The maximum atomic E-state index is 13.0. The van der Waals surface area contributed by atoms with Gasteiger partial charge >= 0.3 is 5.97 Å². The van der Waals surface area contributed by atoms with E-state index in [4.69, 9.17) is 4.74 Å². The van der Waals surface area contributed by atoms with E-state index in [0.29, 0.717) is 29.1 Å². The highest BCUT2D eigenvalue weighted by atomic mass is 32.2. The Morgan fingerprint density at radius 3 is 1.83 bits per heavy atom. The highest BCUT2D eigenvalue weighted by Gasteiger charge is 2.34. The Balaban J connectivity index is 1.46. The third kappa shape index (κ3) is 6.56. The molecule has 1 aliphatic rings. The fourth-order valence-electron chi connectivity index (χ4n) is 4.77. The number of aromatic hydroxyl groups is 1. The summed E-state index contributed by atoms with van der Waals surface area (Å²) < 4.78 is 6.10. The van der Waals surface area contributed by atoms with Gasteiger partial charge in [-0.25, -0.2) is 0 Å². The van der Waals surface area contributed by atoms with Crippen LogP contribution in [0.3, 0.4) is 0 Å². The van der Waals surface area contributed by atoms with Gasteiger partial charge in [0, 0.05) is 39.5 Å². The number of carbonyl (C=O) groups excluding carboxylic acids is 1. The van der Waals surface area contributed by atoms with E-state index in [1.54, 1.807) is 22.7 Å². The number of rotatable bonds is 6. The van der Waals surface area contributed by atoms with Crippen LogP contribution in [0.25, 0.3) is 0 Å². The summed E-state index contributed by atoms with van der Waals surface area (Å²) >= 11 is 5.58. The Labute approximate surface area is 228 Å². The van der Waals surface area contributed by atoms with Crippen LogP contribution in [0.1, 0.15) is 97.7 Å². The highest BCUT2D eigenvalue weighted by Crippen LogP contribution is 2.52. The van der Waals surface area contributed by atoms with Crippen molar-refractivity contribution in [3.05, 3.63) is 73.6 Å². The number of thiophene rings is 2. The molecule has 4 rings (SSSR count). The van der Waals surface area contributed by atoms with Gasteiger partial charge in [-0.2, -0.15) is 0 Å². The number of thioether (sulfide) groups is 1. The molecule has 2 atom stereocenters. The topological polar surface area (TPSA) is 46.5 Å². The monoisotopic (exact) mass is 542 g/mol. The maximum absolute atomic E-state index is 13.0. The lowest BCUT2D eigenvalue weighted by atomic mass is 9.78. The first-order valence-corrected chi connectivity index (χ1v) is 15.4. The van der Waals surface area contributed by atoms with E-state index in [1.165, 1.54) is 9.75 Å². The summed E-state index contributed by atoms with van der Waals surface area (Å²) in [6, 6.07) is 12.7. The molecule has 3 nitrogen and oxygen atoms in total. The number of phenolic OH excluding ortho intramolecular Hbond substituents is 1. The minimum Gasteiger partial charge on any atom is -0.507 e. The zero-order valence-corrected chi connectivity index (χ0v) is 24.6. The molecular formula is C30H38O3S3. The van der Waals surface area contributed by atoms with Crippen molar-refractivity contribution in [1.82, 2.24) is 0 Å². The molecule has 3 aromatic rings. The largest absolute Gasteiger partial charge is 0.507 e. The van der Waals surface area contributed by atoms with E-state index in [1.807, 2.05) is 11.8 Å². The van der Waals surface area contributed by atoms with Crippen LogP contribution in [0.4, 0.5) is 0 Å². The highest BCUT2D eigenvalue weighted by molar-refractivity contribution is 8.00. The van der Waals surface area contributed by atoms with Crippen LogP contribution in [0.15, 0.2) is 47.2 Å². The number of carbonyl (C=O) groups is 1. The van der Waals surface area contributed by atoms with Gasteiger partial charge < -0.3 is 9.84 Å². The Hall–Kier alpha value is -1.76. The molecule has 36 heavy (non-hydrogen) atoms. The first kappa shape index (κ1) is 27.3. The summed E-state index contributed by atoms with van der Waals surface area (Å²) in [5.41, 5.74) is 2.56. The molecule has 0 aliphatic carbocycles. The molecule has 1 aliphatic heterocycles. The van der Waals surface area contributed by atoms with E-state index in [0.717, 1.165) is 29.5 Å².